The number of halogens is 1. The van der Waals surface area contributed by atoms with Crippen LogP contribution in [-0.4, -0.2) is 23.6 Å². The number of hydrogen-bond donors (Lipinski definition) is 2. The van der Waals surface area contributed by atoms with Gasteiger partial charge in [-0.05, 0) is 34.3 Å². The monoisotopic (exact) mass is 313 g/mol. The Hall–Kier alpha value is -1.14. The average molecular weight is 314 g/mol. The predicted molar refractivity (Wildman–Crippen MR) is 74.5 cm³/mol. The van der Waals surface area contributed by atoms with Crippen LogP contribution in [0.1, 0.15) is 0 Å². The molecule has 0 aliphatic carbocycles. The van der Waals surface area contributed by atoms with Crippen LogP contribution in [0, 0.1) is 0 Å². The maximum atomic E-state index is 5.60. The molecule has 0 amide bonds. The van der Waals surface area contributed by atoms with E-state index in [1.54, 1.807) is 24.9 Å². The molecule has 0 saturated carbocycles. The molecule has 2 aromatic rings. The Kier molecular flexibility index (Phi) is 3.63. The summed E-state index contributed by atoms with van der Waals surface area (Å²) in [7, 11) is 1.66. The van der Waals surface area contributed by atoms with Crippen molar-refractivity contribution in [3.8, 4) is 17.0 Å². The molecule has 0 saturated heterocycles. The summed E-state index contributed by atoms with van der Waals surface area (Å²) >= 11 is 5.13. The highest BCUT2D eigenvalue weighted by Gasteiger charge is 2.11. The normalized spacial score (nSPS) is 10.5. The van der Waals surface area contributed by atoms with Gasteiger partial charge in [-0.25, -0.2) is 0 Å². The number of thioether (sulfide) groups is 1. The molecule has 0 atom stereocenters. The van der Waals surface area contributed by atoms with E-state index in [-0.39, 0.29) is 0 Å². The fourth-order valence-electron chi connectivity index (χ4n) is 1.56. The fourth-order valence-corrected chi connectivity index (χ4v) is 2.94. The molecule has 0 spiro atoms. The Morgan fingerprint density at radius 2 is 2.18 bits per heavy atom. The first kappa shape index (κ1) is 12.3. The smallest absolute Gasteiger partial charge is 0.146 e. The van der Waals surface area contributed by atoms with Gasteiger partial charge >= 0.3 is 0 Å². The number of anilines is 1. The SMILES string of the molecule is COc1c(Br)cc(-c2cc(N)n[nH]2)cc1SC. The Morgan fingerprint density at radius 3 is 2.71 bits per heavy atom. The largest absolute Gasteiger partial charge is 0.494 e. The zero-order chi connectivity index (χ0) is 12.4. The van der Waals surface area contributed by atoms with Gasteiger partial charge in [0.15, 0.2) is 0 Å². The Labute approximate surface area is 112 Å². The Bertz CT molecular complexity index is 542. The molecule has 0 radical (unpaired) electrons. The molecule has 1 aromatic heterocycles. The van der Waals surface area contributed by atoms with E-state index in [4.69, 9.17) is 10.5 Å². The van der Waals surface area contributed by atoms with Gasteiger partial charge in [0.05, 0.1) is 22.2 Å². The summed E-state index contributed by atoms with van der Waals surface area (Å²) in [4.78, 5) is 1.06. The first-order valence-corrected chi connectivity index (χ1v) is 6.90. The quantitative estimate of drug-likeness (QED) is 0.854. The van der Waals surface area contributed by atoms with Gasteiger partial charge in [-0.3, -0.25) is 5.10 Å². The zero-order valence-electron chi connectivity index (χ0n) is 9.45. The number of ether oxygens (including phenoxy) is 1. The van der Waals surface area contributed by atoms with Gasteiger partial charge in [0.1, 0.15) is 11.6 Å². The molecular weight excluding hydrogens is 302 g/mol. The lowest BCUT2D eigenvalue weighted by Gasteiger charge is -2.10. The summed E-state index contributed by atoms with van der Waals surface area (Å²) in [6.45, 7) is 0. The van der Waals surface area contributed by atoms with Crippen LogP contribution in [0.4, 0.5) is 5.82 Å². The molecule has 0 unspecified atom stereocenters. The Morgan fingerprint density at radius 1 is 1.41 bits per heavy atom. The van der Waals surface area contributed by atoms with Gasteiger partial charge in [0.2, 0.25) is 0 Å². The van der Waals surface area contributed by atoms with E-state index in [1.165, 1.54) is 0 Å². The molecule has 2 rings (SSSR count). The number of aromatic nitrogens is 2. The number of H-pyrrole nitrogens is 1. The summed E-state index contributed by atoms with van der Waals surface area (Å²) in [5.41, 5.74) is 7.51. The number of nitrogen functional groups attached to an aromatic ring is 1. The second kappa shape index (κ2) is 5.01. The van der Waals surface area contributed by atoms with Crippen LogP contribution in [-0.2, 0) is 0 Å². The lowest BCUT2D eigenvalue weighted by molar-refractivity contribution is 0.402. The summed E-state index contributed by atoms with van der Waals surface area (Å²) in [5.74, 6) is 1.33. The van der Waals surface area contributed by atoms with Crippen molar-refractivity contribution in [1.82, 2.24) is 10.2 Å². The second-order valence-electron chi connectivity index (χ2n) is 3.40. The molecule has 0 fully saturated rings. The second-order valence-corrected chi connectivity index (χ2v) is 5.10. The number of aromatic amines is 1. The maximum Gasteiger partial charge on any atom is 0.146 e. The van der Waals surface area contributed by atoms with Gasteiger partial charge < -0.3 is 10.5 Å². The van der Waals surface area contributed by atoms with Crippen LogP contribution in [0.15, 0.2) is 27.6 Å². The van der Waals surface area contributed by atoms with E-state index in [0.29, 0.717) is 5.82 Å². The zero-order valence-corrected chi connectivity index (χ0v) is 11.9. The van der Waals surface area contributed by atoms with E-state index < -0.39 is 0 Å². The summed E-state index contributed by atoms with van der Waals surface area (Å²) in [5, 5.41) is 6.81. The van der Waals surface area contributed by atoms with Crippen molar-refractivity contribution in [1.29, 1.82) is 0 Å². The van der Waals surface area contributed by atoms with Crippen LogP contribution in [0.5, 0.6) is 5.75 Å². The molecule has 1 aromatic carbocycles. The number of hydrogen-bond acceptors (Lipinski definition) is 4. The molecule has 1 heterocycles. The third kappa shape index (κ3) is 2.42. The third-order valence-corrected chi connectivity index (χ3v) is 3.67. The van der Waals surface area contributed by atoms with Crippen LogP contribution in [0.3, 0.4) is 0 Å². The van der Waals surface area contributed by atoms with Crippen molar-refractivity contribution < 1.29 is 4.74 Å². The molecule has 17 heavy (non-hydrogen) atoms. The summed E-state index contributed by atoms with van der Waals surface area (Å²) in [6, 6.07) is 5.82. The van der Waals surface area contributed by atoms with Crippen LogP contribution in [0.2, 0.25) is 0 Å². The van der Waals surface area contributed by atoms with E-state index in [9.17, 15) is 0 Å². The minimum Gasteiger partial charge on any atom is -0.494 e. The average Bonchev–Trinajstić information content (AvgIpc) is 2.74. The van der Waals surface area contributed by atoms with Gasteiger partial charge in [-0.15, -0.1) is 11.8 Å². The molecular formula is C11H12BrN3OS. The van der Waals surface area contributed by atoms with Crippen LogP contribution in [0.25, 0.3) is 11.3 Å². The number of rotatable bonds is 3. The van der Waals surface area contributed by atoms with Crippen LogP contribution < -0.4 is 10.5 Å². The molecule has 90 valence electrons. The van der Waals surface area contributed by atoms with Gasteiger partial charge in [-0.2, -0.15) is 5.10 Å². The molecule has 0 aliphatic rings. The molecule has 4 nitrogen and oxygen atoms in total. The highest BCUT2D eigenvalue weighted by atomic mass is 79.9. The predicted octanol–water partition coefficient (Wildman–Crippen LogP) is 3.15. The number of nitrogens with two attached hydrogens (primary N) is 1. The summed E-state index contributed by atoms with van der Waals surface area (Å²) < 4.78 is 6.26. The lowest BCUT2D eigenvalue weighted by Crippen LogP contribution is -1.89. The van der Waals surface area contributed by atoms with Crippen molar-refractivity contribution in [2.24, 2.45) is 0 Å². The number of nitrogens with one attached hydrogen (secondary N) is 1. The molecule has 0 bridgehead atoms. The van der Waals surface area contributed by atoms with Crippen molar-refractivity contribution in [2.45, 2.75) is 4.90 Å². The van der Waals surface area contributed by atoms with Gasteiger partial charge in [-0.1, -0.05) is 0 Å². The minimum absolute atomic E-state index is 0.484. The topological polar surface area (TPSA) is 63.9 Å². The first-order valence-electron chi connectivity index (χ1n) is 4.88. The van der Waals surface area contributed by atoms with Crippen LogP contribution >= 0.6 is 27.7 Å². The van der Waals surface area contributed by atoms with Crippen molar-refractivity contribution in [3.63, 3.8) is 0 Å². The third-order valence-electron chi connectivity index (χ3n) is 2.34. The van der Waals surface area contributed by atoms with Crippen molar-refractivity contribution in [3.05, 3.63) is 22.7 Å². The highest BCUT2D eigenvalue weighted by molar-refractivity contribution is 9.10. The van der Waals surface area contributed by atoms with E-state index in [2.05, 4.69) is 26.1 Å². The molecule has 3 N–H and O–H groups in total. The molecule has 6 heteroatoms. The minimum atomic E-state index is 0.484. The number of benzene rings is 1. The maximum absolute atomic E-state index is 5.60. The van der Waals surface area contributed by atoms with Gasteiger partial charge in [0.25, 0.3) is 0 Å². The number of nitrogens with zero attached hydrogens (tertiary/aromatic N) is 1. The first-order chi connectivity index (χ1) is 8.15. The highest BCUT2D eigenvalue weighted by Crippen LogP contribution is 2.38. The van der Waals surface area contributed by atoms with E-state index in [1.807, 2.05) is 18.4 Å². The lowest BCUT2D eigenvalue weighted by atomic mass is 10.1. The van der Waals surface area contributed by atoms with Crippen molar-refractivity contribution in [2.75, 3.05) is 19.1 Å². The summed E-state index contributed by atoms with van der Waals surface area (Å²) in [6.07, 6.45) is 2.01. The van der Waals surface area contributed by atoms with E-state index >= 15 is 0 Å². The Balaban J connectivity index is 2.53. The van der Waals surface area contributed by atoms with E-state index in [0.717, 1.165) is 26.4 Å². The molecule has 0 aliphatic heterocycles. The number of methoxy groups -OCH3 is 1. The standard InChI is InChI=1S/C11H12BrN3OS/c1-16-11-7(12)3-6(4-9(11)17-2)8-5-10(13)15-14-8/h3-5H,1-2H3,(H3,13,14,15). The van der Waals surface area contributed by atoms with Crippen molar-refractivity contribution >= 4 is 33.5 Å². The van der Waals surface area contributed by atoms with Gasteiger partial charge in [0, 0.05) is 11.6 Å². The fraction of sp³-hybridized carbons (Fsp3) is 0.182.